The smallest absolute Gasteiger partial charge is 0.261 e. The lowest BCUT2D eigenvalue weighted by Crippen LogP contribution is -2.52. The van der Waals surface area contributed by atoms with Crippen molar-refractivity contribution in [3.63, 3.8) is 0 Å². The van der Waals surface area contributed by atoms with E-state index >= 15 is 0 Å². The maximum atomic E-state index is 13.1. The molecule has 2 aromatic carbocycles. The minimum absolute atomic E-state index is 0.0703. The summed E-state index contributed by atoms with van der Waals surface area (Å²) in [4.78, 5) is 27.7. The minimum atomic E-state index is -0.517. The van der Waals surface area contributed by atoms with Crippen molar-refractivity contribution >= 4 is 11.8 Å². The highest BCUT2D eigenvalue weighted by Crippen LogP contribution is 2.14. The third kappa shape index (κ3) is 7.74. The number of aryl methyl sites for hydroxylation is 1. The fourth-order valence-electron chi connectivity index (χ4n) is 3.39. The van der Waals surface area contributed by atoms with Gasteiger partial charge in [0.1, 0.15) is 11.8 Å². The van der Waals surface area contributed by atoms with Crippen molar-refractivity contribution in [3.8, 4) is 5.75 Å². The molecule has 2 atom stereocenters. The SMILES string of the molecule is CCc1ccc(OCC(=O)N(CCc2ccccc2)[C@H](CC)C(=O)N[C@@H](C)CC)cc1. The van der Waals surface area contributed by atoms with Crippen LogP contribution in [0.3, 0.4) is 0 Å². The molecule has 0 aliphatic heterocycles. The Bertz CT molecular complexity index is 805. The van der Waals surface area contributed by atoms with Crippen molar-refractivity contribution in [2.45, 2.75) is 65.5 Å². The molecule has 0 aliphatic carbocycles. The number of amides is 2. The molecule has 0 radical (unpaired) electrons. The number of ether oxygens (including phenoxy) is 1. The van der Waals surface area contributed by atoms with Gasteiger partial charge in [0.2, 0.25) is 5.91 Å². The van der Waals surface area contributed by atoms with E-state index in [9.17, 15) is 9.59 Å². The van der Waals surface area contributed by atoms with E-state index < -0.39 is 6.04 Å². The topological polar surface area (TPSA) is 58.6 Å². The molecule has 2 aromatic rings. The molecular weight excluding hydrogens is 388 g/mol. The molecule has 2 rings (SSSR count). The van der Waals surface area contributed by atoms with Crippen LogP contribution in [-0.2, 0) is 22.4 Å². The number of benzene rings is 2. The van der Waals surface area contributed by atoms with E-state index in [1.807, 2.05) is 75.4 Å². The summed E-state index contributed by atoms with van der Waals surface area (Å²) in [5, 5.41) is 3.03. The molecule has 0 saturated heterocycles. The third-order valence-electron chi connectivity index (χ3n) is 5.57. The summed E-state index contributed by atoms with van der Waals surface area (Å²) in [6, 6.07) is 17.3. The first kappa shape index (κ1) is 24.4. The lowest BCUT2D eigenvalue weighted by atomic mass is 10.1. The van der Waals surface area contributed by atoms with E-state index in [4.69, 9.17) is 4.74 Å². The second kappa shape index (κ2) is 12.8. The summed E-state index contributed by atoms with van der Waals surface area (Å²) in [5.41, 5.74) is 2.35. The van der Waals surface area contributed by atoms with Crippen LogP contribution < -0.4 is 10.1 Å². The van der Waals surface area contributed by atoms with E-state index in [2.05, 4.69) is 12.2 Å². The zero-order chi connectivity index (χ0) is 22.6. The number of nitrogens with zero attached hydrogens (tertiary/aromatic N) is 1. The number of rotatable bonds is 12. The lowest BCUT2D eigenvalue weighted by Gasteiger charge is -2.31. The largest absolute Gasteiger partial charge is 0.484 e. The van der Waals surface area contributed by atoms with Crippen molar-refractivity contribution in [2.24, 2.45) is 0 Å². The van der Waals surface area contributed by atoms with Crippen LogP contribution in [0, 0.1) is 0 Å². The first-order valence-corrected chi connectivity index (χ1v) is 11.3. The molecule has 1 N–H and O–H groups in total. The van der Waals surface area contributed by atoms with Crippen molar-refractivity contribution in [3.05, 3.63) is 65.7 Å². The summed E-state index contributed by atoms with van der Waals surface area (Å²) in [6.07, 6.45) is 3.03. The molecule has 31 heavy (non-hydrogen) atoms. The Kier molecular flexibility index (Phi) is 10.1. The van der Waals surface area contributed by atoms with E-state index in [-0.39, 0.29) is 24.5 Å². The van der Waals surface area contributed by atoms with Gasteiger partial charge in [-0.05, 0) is 55.9 Å². The average Bonchev–Trinajstić information content (AvgIpc) is 2.80. The lowest BCUT2D eigenvalue weighted by molar-refractivity contribution is -0.142. The summed E-state index contributed by atoms with van der Waals surface area (Å²) >= 11 is 0. The molecule has 0 aliphatic rings. The van der Waals surface area contributed by atoms with Gasteiger partial charge in [0.25, 0.3) is 5.91 Å². The summed E-state index contributed by atoms with van der Waals surface area (Å²) in [5.74, 6) is 0.373. The van der Waals surface area contributed by atoms with Crippen LogP contribution in [0.25, 0.3) is 0 Å². The van der Waals surface area contributed by atoms with Gasteiger partial charge < -0.3 is 15.0 Å². The van der Waals surface area contributed by atoms with Gasteiger partial charge >= 0.3 is 0 Å². The number of carbonyl (C=O) groups is 2. The Labute approximate surface area is 186 Å². The molecule has 0 aromatic heterocycles. The quantitative estimate of drug-likeness (QED) is 0.550. The third-order valence-corrected chi connectivity index (χ3v) is 5.57. The first-order chi connectivity index (χ1) is 15.0. The van der Waals surface area contributed by atoms with Crippen LogP contribution >= 0.6 is 0 Å². The van der Waals surface area contributed by atoms with Crippen LogP contribution in [0.4, 0.5) is 0 Å². The molecule has 5 nitrogen and oxygen atoms in total. The average molecular weight is 425 g/mol. The molecule has 0 bridgehead atoms. The molecule has 0 saturated carbocycles. The molecule has 0 heterocycles. The zero-order valence-electron chi connectivity index (χ0n) is 19.3. The first-order valence-electron chi connectivity index (χ1n) is 11.3. The minimum Gasteiger partial charge on any atom is -0.484 e. The highest BCUT2D eigenvalue weighted by atomic mass is 16.5. The standard InChI is InChI=1S/C26H36N2O3/c1-5-20(4)27-26(30)24(7-3)28(18-17-22-11-9-8-10-12-22)25(29)19-31-23-15-13-21(6-2)14-16-23/h8-16,20,24H,5-7,17-19H2,1-4H3,(H,27,30)/t20-,24+/m0/s1. The Morgan fingerprint density at radius 3 is 2.19 bits per heavy atom. The van der Waals surface area contributed by atoms with Gasteiger partial charge in [-0.3, -0.25) is 9.59 Å². The maximum absolute atomic E-state index is 13.1. The summed E-state index contributed by atoms with van der Waals surface area (Å²) < 4.78 is 5.75. The second-order valence-corrected chi connectivity index (χ2v) is 7.85. The predicted octanol–water partition coefficient (Wildman–Crippen LogP) is 4.39. The second-order valence-electron chi connectivity index (χ2n) is 7.85. The predicted molar refractivity (Wildman–Crippen MR) is 125 cm³/mol. The van der Waals surface area contributed by atoms with Gasteiger partial charge in [-0.15, -0.1) is 0 Å². The zero-order valence-corrected chi connectivity index (χ0v) is 19.3. The van der Waals surface area contributed by atoms with Crippen molar-refractivity contribution in [2.75, 3.05) is 13.2 Å². The van der Waals surface area contributed by atoms with E-state index in [1.165, 1.54) is 5.56 Å². The highest BCUT2D eigenvalue weighted by molar-refractivity contribution is 5.88. The van der Waals surface area contributed by atoms with Crippen LogP contribution in [0.1, 0.15) is 51.7 Å². The van der Waals surface area contributed by atoms with Gasteiger partial charge in [-0.2, -0.15) is 0 Å². The number of hydrogen-bond donors (Lipinski definition) is 1. The maximum Gasteiger partial charge on any atom is 0.261 e. The molecule has 2 amide bonds. The molecule has 0 unspecified atom stereocenters. The van der Waals surface area contributed by atoms with Gasteiger partial charge in [0.05, 0.1) is 0 Å². The number of nitrogens with one attached hydrogen (secondary N) is 1. The Morgan fingerprint density at radius 1 is 0.935 bits per heavy atom. The fourth-order valence-corrected chi connectivity index (χ4v) is 3.39. The van der Waals surface area contributed by atoms with Gasteiger partial charge in [0.15, 0.2) is 6.61 Å². The molecular formula is C26H36N2O3. The Hall–Kier alpha value is -2.82. The summed E-state index contributed by atoms with van der Waals surface area (Å²) in [7, 11) is 0. The number of hydrogen-bond acceptors (Lipinski definition) is 3. The van der Waals surface area contributed by atoms with Gasteiger partial charge in [0, 0.05) is 12.6 Å². The molecule has 5 heteroatoms. The van der Waals surface area contributed by atoms with Gasteiger partial charge in [-0.1, -0.05) is 63.2 Å². The van der Waals surface area contributed by atoms with Crippen molar-refractivity contribution < 1.29 is 14.3 Å². The van der Waals surface area contributed by atoms with Crippen LogP contribution in [0.2, 0.25) is 0 Å². The normalized spacial score (nSPS) is 12.6. The van der Waals surface area contributed by atoms with Crippen molar-refractivity contribution in [1.29, 1.82) is 0 Å². The van der Waals surface area contributed by atoms with Crippen molar-refractivity contribution in [1.82, 2.24) is 10.2 Å². The van der Waals surface area contributed by atoms with Gasteiger partial charge in [-0.25, -0.2) is 0 Å². The van der Waals surface area contributed by atoms with Crippen LogP contribution in [0.15, 0.2) is 54.6 Å². The van der Waals surface area contributed by atoms with Crippen LogP contribution in [-0.4, -0.2) is 41.9 Å². The highest BCUT2D eigenvalue weighted by Gasteiger charge is 2.29. The summed E-state index contributed by atoms with van der Waals surface area (Å²) in [6.45, 7) is 8.42. The van der Waals surface area contributed by atoms with E-state index in [0.29, 0.717) is 25.1 Å². The Morgan fingerprint density at radius 2 is 1.61 bits per heavy atom. The number of carbonyl (C=O) groups excluding carboxylic acids is 2. The molecule has 168 valence electrons. The van der Waals surface area contributed by atoms with Crippen LogP contribution in [0.5, 0.6) is 5.75 Å². The van der Waals surface area contributed by atoms with E-state index in [1.54, 1.807) is 4.90 Å². The van der Waals surface area contributed by atoms with E-state index in [0.717, 1.165) is 18.4 Å². The molecule has 0 spiro atoms. The Balaban J connectivity index is 2.11. The molecule has 0 fully saturated rings. The monoisotopic (exact) mass is 424 g/mol. The fraction of sp³-hybridized carbons (Fsp3) is 0.462.